The Morgan fingerprint density at radius 2 is 2.21 bits per heavy atom. The highest BCUT2D eigenvalue weighted by molar-refractivity contribution is 6.31. The van der Waals surface area contributed by atoms with Crippen LogP contribution in [-0.2, 0) is 0 Å². The van der Waals surface area contributed by atoms with Gasteiger partial charge in [0.25, 0.3) is 0 Å². The molecule has 0 aromatic heterocycles. The Balaban J connectivity index is 2.33. The number of halogens is 2. The Labute approximate surface area is 87.2 Å². The zero-order valence-corrected chi connectivity index (χ0v) is 8.39. The van der Waals surface area contributed by atoms with Gasteiger partial charge in [0.05, 0.1) is 11.1 Å². The average Bonchev–Trinajstić information content (AvgIpc) is 2.97. The summed E-state index contributed by atoms with van der Waals surface area (Å²) in [5, 5.41) is 0.183. The van der Waals surface area contributed by atoms with Crippen molar-refractivity contribution in [1.29, 1.82) is 0 Å². The van der Waals surface area contributed by atoms with Crippen LogP contribution in [0, 0.1) is 11.7 Å². The molecule has 1 saturated carbocycles. The third-order valence-electron chi connectivity index (χ3n) is 2.59. The van der Waals surface area contributed by atoms with Crippen LogP contribution in [0.2, 0.25) is 5.02 Å². The topological polar surface area (TPSA) is 38.0 Å². The Bertz CT molecular complexity index is 339. The minimum Gasteiger partial charge on any atom is -0.271 e. The number of hydrogen-bond donors (Lipinski definition) is 2. The van der Waals surface area contributed by atoms with Crippen molar-refractivity contribution in [2.75, 3.05) is 0 Å². The maximum Gasteiger partial charge on any atom is 0.142 e. The van der Waals surface area contributed by atoms with E-state index in [1.165, 1.54) is 6.07 Å². The van der Waals surface area contributed by atoms with Gasteiger partial charge in [-0.15, -0.1) is 0 Å². The van der Waals surface area contributed by atoms with Gasteiger partial charge in [-0.2, -0.15) is 0 Å². The number of benzene rings is 1. The van der Waals surface area contributed by atoms with Crippen LogP contribution in [0.4, 0.5) is 4.39 Å². The zero-order chi connectivity index (χ0) is 10.1. The highest BCUT2D eigenvalue weighted by Gasteiger charge is 2.33. The number of rotatable bonds is 3. The van der Waals surface area contributed by atoms with E-state index in [-0.39, 0.29) is 16.9 Å². The van der Waals surface area contributed by atoms with E-state index < -0.39 is 0 Å². The van der Waals surface area contributed by atoms with Gasteiger partial charge >= 0.3 is 0 Å². The van der Waals surface area contributed by atoms with Crippen LogP contribution < -0.4 is 11.3 Å². The quantitative estimate of drug-likeness (QED) is 0.599. The number of nitrogens with one attached hydrogen (secondary N) is 1. The molecule has 1 aliphatic carbocycles. The first-order valence-electron chi connectivity index (χ1n) is 4.64. The van der Waals surface area contributed by atoms with Crippen molar-refractivity contribution >= 4 is 11.6 Å². The molecular formula is C10H12ClFN2. The summed E-state index contributed by atoms with van der Waals surface area (Å²) < 4.78 is 13.2. The molecule has 1 aliphatic rings. The van der Waals surface area contributed by atoms with Gasteiger partial charge in [0, 0.05) is 0 Å². The van der Waals surface area contributed by atoms with Gasteiger partial charge in [0.15, 0.2) is 0 Å². The largest absolute Gasteiger partial charge is 0.271 e. The molecule has 1 fully saturated rings. The van der Waals surface area contributed by atoms with Crippen LogP contribution in [0.15, 0.2) is 18.2 Å². The van der Waals surface area contributed by atoms with Gasteiger partial charge in [-0.3, -0.25) is 11.3 Å². The molecule has 2 rings (SSSR count). The summed E-state index contributed by atoms with van der Waals surface area (Å²) in [6.45, 7) is 0. The third kappa shape index (κ3) is 1.75. The maximum absolute atomic E-state index is 13.2. The molecule has 0 aliphatic heterocycles. The molecular weight excluding hydrogens is 203 g/mol. The summed E-state index contributed by atoms with van der Waals surface area (Å²) in [7, 11) is 0. The Morgan fingerprint density at radius 1 is 1.50 bits per heavy atom. The van der Waals surface area contributed by atoms with E-state index in [0.29, 0.717) is 5.92 Å². The number of hydrazine groups is 1. The van der Waals surface area contributed by atoms with Gasteiger partial charge in [0.1, 0.15) is 5.82 Å². The van der Waals surface area contributed by atoms with E-state index in [2.05, 4.69) is 5.43 Å². The molecule has 3 N–H and O–H groups in total. The molecule has 1 aromatic rings. The predicted molar refractivity (Wildman–Crippen MR) is 54.2 cm³/mol. The first-order chi connectivity index (χ1) is 6.74. The summed E-state index contributed by atoms with van der Waals surface area (Å²) in [4.78, 5) is 0. The second kappa shape index (κ2) is 3.85. The lowest BCUT2D eigenvalue weighted by atomic mass is 10.0. The fraction of sp³-hybridized carbons (Fsp3) is 0.400. The summed E-state index contributed by atoms with van der Waals surface area (Å²) in [6, 6.07) is 4.81. The lowest BCUT2D eigenvalue weighted by Gasteiger charge is -2.16. The highest BCUT2D eigenvalue weighted by Crippen LogP contribution is 2.42. The summed E-state index contributed by atoms with van der Waals surface area (Å²) in [5.41, 5.74) is 3.46. The third-order valence-corrected chi connectivity index (χ3v) is 2.99. The van der Waals surface area contributed by atoms with Gasteiger partial charge in [-0.25, -0.2) is 4.39 Å². The predicted octanol–water partition coefficient (Wildman–Crippen LogP) is 2.39. The van der Waals surface area contributed by atoms with Gasteiger partial charge in [0.2, 0.25) is 0 Å². The molecule has 76 valence electrons. The van der Waals surface area contributed by atoms with E-state index >= 15 is 0 Å². The molecule has 0 amide bonds. The van der Waals surface area contributed by atoms with Crippen LogP contribution in [0.25, 0.3) is 0 Å². The van der Waals surface area contributed by atoms with Crippen molar-refractivity contribution in [2.45, 2.75) is 18.9 Å². The fourth-order valence-corrected chi connectivity index (χ4v) is 1.91. The summed E-state index contributed by atoms with van der Waals surface area (Å²) in [5.74, 6) is 5.55. The molecule has 0 bridgehead atoms. The van der Waals surface area contributed by atoms with Crippen molar-refractivity contribution in [1.82, 2.24) is 5.43 Å². The minimum absolute atomic E-state index is 0.0156. The highest BCUT2D eigenvalue weighted by atomic mass is 35.5. The average molecular weight is 215 g/mol. The first kappa shape index (κ1) is 9.90. The summed E-state index contributed by atoms with van der Waals surface area (Å²) >= 11 is 5.87. The lowest BCUT2D eigenvalue weighted by Crippen LogP contribution is -2.29. The molecule has 1 unspecified atom stereocenters. The van der Waals surface area contributed by atoms with E-state index in [1.54, 1.807) is 6.07 Å². The van der Waals surface area contributed by atoms with Crippen LogP contribution in [-0.4, -0.2) is 0 Å². The van der Waals surface area contributed by atoms with Gasteiger partial charge in [-0.05, 0) is 30.4 Å². The van der Waals surface area contributed by atoms with Gasteiger partial charge < -0.3 is 0 Å². The maximum atomic E-state index is 13.2. The van der Waals surface area contributed by atoms with E-state index in [1.807, 2.05) is 6.07 Å². The van der Waals surface area contributed by atoms with E-state index in [4.69, 9.17) is 17.4 Å². The number of nitrogens with two attached hydrogens (primary N) is 1. The zero-order valence-electron chi connectivity index (χ0n) is 7.63. The first-order valence-corrected chi connectivity index (χ1v) is 5.02. The fourth-order valence-electron chi connectivity index (χ4n) is 1.67. The van der Waals surface area contributed by atoms with E-state index in [0.717, 1.165) is 18.4 Å². The van der Waals surface area contributed by atoms with Crippen molar-refractivity contribution in [3.8, 4) is 0 Å². The molecule has 0 radical (unpaired) electrons. The Kier molecular flexibility index (Phi) is 2.72. The normalized spacial score (nSPS) is 18.2. The smallest absolute Gasteiger partial charge is 0.142 e. The Hall–Kier alpha value is -0.640. The molecule has 4 heteroatoms. The van der Waals surface area contributed by atoms with Crippen LogP contribution >= 0.6 is 11.6 Å². The van der Waals surface area contributed by atoms with Gasteiger partial charge in [-0.1, -0.05) is 23.7 Å². The number of hydrogen-bond acceptors (Lipinski definition) is 2. The van der Waals surface area contributed by atoms with Crippen LogP contribution in [0.1, 0.15) is 24.4 Å². The van der Waals surface area contributed by atoms with Crippen molar-refractivity contribution in [2.24, 2.45) is 11.8 Å². The van der Waals surface area contributed by atoms with Crippen LogP contribution in [0.3, 0.4) is 0 Å². The van der Waals surface area contributed by atoms with Crippen LogP contribution in [0.5, 0.6) is 0 Å². The van der Waals surface area contributed by atoms with Crippen molar-refractivity contribution < 1.29 is 4.39 Å². The molecule has 0 heterocycles. The molecule has 1 atom stereocenters. The monoisotopic (exact) mass is 214 g/mol. The molecule has 0 saturated heterocycles. The molecule has 2 nitrogen and oxygen atoms in total. The SMILES string of the molecule is NNC(c1cccc(F)c1Cl)C1CC1. The van der Waals surface area contributed by atoms with Crippen molar-refractivity contribution in [3.63, 3.8) is 0 Å². The molecule has 0 spiro atoms. The standard InChI is InChI=1S/C10H12ClFN2/c11-9-7(2-1-3-8(9)12)10(14-13)6-4-5-6/h1-3,6,10,14H,4-5,13H2. The molecule has 14 heavy (non-hydrogen) atoms. The van der Waals surface area contributed by atoms with Crippen molar-refractivity contribution in [3.05, 3.63) is 34.6 Å². The second-order valence-electron chi connectivity index (χ2n) is 3.62. The van der Waals surface area contributed by atoms with E-state index in [9.17, 15) is 4.39 Å². The summed E-state index contributed by atoms with van der Waals surface area (Å²) in [6.07, 6.45) is 2.25. The minimum atomic E-state index is -0.384. The Morgan fingerprint density at radius 3 is 2.79 bits per heavy atom. The second-order valence-corrected chi connectivity index (χ2v) is 4.00. The lowest BCUT2D eigenvalue weighted by molar-refractivity contribution is 0.493. The molecule has 1 aromatic carbocycles.